The molecule has 0 aliphatic carbocycles. The summed E-state index contributed by atoms with van der Waals surface area (Å²) in [6.07, 6.45) is -3.63. The van der Waals surface area contributed by atoms with Crippen LogP contribution in [-0.4, -0.2) is 23.6 Å². The number of phenolic OH excluding ortho intramolecular Hbond substituents is 1. The maximum atomic E-state index is 12.1. The van der Waals surface area contributed by atoms with Gasteiger partial charge in [0, 0.05) is 16.1 Å². The lowest BCUT2D eigenvalue weighted by Crippen LogP contribution is -2.19. The predicted octanol–water partition coefficient (Wildman–Crippen LogP) is 4.47. The Balaban J connectivity index is 2.03. The molecule has 0 bridgehead atoms. The number of benzene rings is 2. The molecule has 0 aromatic heterocycles. The summed E-state index contributed by atoms with van der Waals surface area (Å²) in [7, 11) is 0. The summed E-state index contributed by atoms with van der Waals surface area (Å²) in [5, 5.41) is 13.8. The molecular formula is C15H9BrClF3N2O3. The van der Waals surface area contributed by atoms with Gasteiger partial charge in [-0.3, -0.25) is 4.79 Å². The second-order valence-corrected chi connectivity index (χ2v) is 5.89. The standard InChI is InChI=1S/C15H9BrClF3N2O3/c16-12-6-10(17)5-9(13(12)23)7-21-22-14(24)8-1-3-11(4-2-8)25-15(18,19)20/h1-7,23H,(H,22,24). The summed E-state index contributed by atoms with van der Waals surface area (Å²) in [5.74, 6) is -1.22. The summed E-state index contributed by atoms with van der Waals surface area (Å²) in [4.78, 5) is 11.9. The van der Waals surface area contributed by atoms with Crippen molar-refractivity contribution in [3.8, 4) is 11.5 Å². The average molecular weight is 438 g/mol. The van der Waals surface area contributed by atoms with E-state index in [2.05, 4.69) is 31.2 Å². The number of nitrogens with zero attached hydrogens (tertiary/aromatic N) is 1. The van der Waals surface area contributed by atoms with Crippen molar-refractivity contribution in [3.63, 3.8) is 0 Å². The molecule has 0 unspecified atom stereocenters. The van der Waals surface area contributed by atoms with Gasteiger partial charge >= 0.3 is 6.36 Å². The molecule has 0 saturated heterocycles. The number of phenols is 1. The van der Waals surface area contributed by atoms with Crippen LogP contribution in [0.3, 0.4) is 0 Å². The van der Waals surface area contributed by atoms with E-state index in [9.17, 15) is 23.1 Å². The quantitative estimate of drug-likeness (QED) is 0.548. The third-order valence-electron chi connectivity index (χ3n) is 2.78. The summed E-state index contributed by atoms with van der Waals surface area (Å²) >= 11 is 8.94. The van der Waals surface area contributed by atoms with Crippen molar-refractivity contribution in [3.05, 3.63) is 57.0 Å². The number of alkyl halides is 3. The fourth-order valence-corrected chi connectivity index (χ4v) is 2.55. The molecule has 25 heavy (non-hydrogen) atoms. The molecule has 0 atom stereocenters. The van der Waals surface area contributed by atoms with Gasteiger partial charge in [-0.25, -0.2) is 5.43 Å². The smallest absolute Gasteiger partial charge is 0.506 e. The van der Waals surface area contributed by atoms with Gasteiger partial charge in [0.25, 0.3) is 5.91 Å². The molecular weight excluding hydrogens is 429 g/mol. The monoisotopic (exact) mass is 436 g/mol. The van der Waals surface area contributed by atoms with E-state index >= 15 is 0 Å². The maximum Gasteiger partial charge on any atom is 0.573 e. The molecule has 2 N–H and O–H groups in total. The molecule has 10 heteroatoms. The van der Waals surface area contributed by atoms with Crippen LogP contribution in [0.4, 0.5) is 13.2 Å². The first-order chi connectivity index (χ1) is 11.7. The van der Waals surface area contributed by atoms with Crippen LogP contribution in [0, 0.1) is 0 Å². The number of nitrogens with one attached hydrogen (secondary N) is 1. The average Bonchev–Trinajstić information content (AvgIpc) is 2.51. The molecule has 1 amide bonds. The summed E-state index contributed by atoms with van der Waals surface area (Å²) in [5.41, 5.74) is 2.51. The Morgan fingerprint density at radius 3 is 2.52 bits per heavy atom. The topological polar surface area (TPSA) is 70.9 Å². The molecule has 0 aliphatic heterocycles. The van der Waals surface area contributed by atoms with Crippen LogP contribution in [0.1, 0.15) is 15.9 Å². The molecule has 0 aliphatic rings. The second-order valence-electron chi connectivity index (χ2n) is 4.60. The molecule has 2 rings (SSSR count). The Kier molecular flexibility index (Phi) is 5.91. The third kappa shape index (κ3) is 5.64. The zero-order valence-corrected chi connectivity index (χ0v) is 14.5. The highest BCUT2D eigenvalue weighted by Gasteiger charge is 2.31. The first-order valence-electron chi connectivity index (χ1n) is 6.53. The van der Waals surface area contributed by atoms with Crippen LogP contribution >= 0.6 is 27.5 Å². The van der Waals surface area contributed by atoms with Crippen LogP contribution in [0.25, 0.3) is 0 Å². The molecule has 0 heterocycles. The van der Waals surface area contributed by atoms with Gasteiger partial charge in [0.2, 0.25) is 0 Å². The van der Waals surface area contributed by atoms with Crippen LogP contribution in [0.2, 0.25) is 5.02 Å². The zero-order valence-electron chi connectivity index (χ0n) is 12.1. The number of aromatic hydroxyl groups is 1. The second kappa shape index (κ2) is 7.75. The van der Waals surface area contributed by atoms with E-state index in [-0.39, 0.29) is 16.9 Å². The van der Waals surface area contributed by atoms with Crippen molar-refractivity contribution in [2.24, 2.45) is 5.10 Å². The van der Waals surface area contributed by atoms with Gasteiger partial charge in [-0.2, -0.15) is 5.10 Å². The molecule has 0 saturated carbocycles. The fourth-order valence-electron chi connectivity index (χ4n) is 1.72. The zero-order chi connectivity index (χ0) is 18.6. The van der Waals surface area contributed by atoms with E-state index in [4.69, 9.17) is 11.6 Å². The first-order valence-corrected chi connectivity index (χ1v) is 7.70. The van der Waals surface area contributed by atoms with Crippen molar-refractivity contribution in [2.75, 3.05) is 0 Å². The number of ether oxygens (including phenoxy) is 1. The number of amides is 1. The Bertz CT molecular complexity index is 811. The summed E-state index contributed by atoms with van der Waals surface area (Å²) in [6.45, 7) is 0. The van der Waals surface area contributed by atoms with Crippen LogP contribution in [0.5, 0.6) is 11.5 Å². The van der Waals surface area contributed by atoms with Crippen LogP contribution in [-0.2, 0) is 0 Å². The van der Waals surface area contributed by atoms with Crippen molar-refractivity contribution in [2.45, 2.75) is 6.36 Å². The Labute approximate surface area is 153 Å². The van der Waals surface area contributed by atoms with Gasteiger partial charge < -0.3 is 9.84 Å². The number of halogens is 5. The van der Waals surface area contributed by atoms with Crippen molar-refractivity contribution in [1.29, 1.82) is 0 Å². The lowest BCUT2D eigenvalue weighted by atomic mass is 10.2. The minimum Gasteiger partial charge on any atom is -0.506 e. The summed E-state index contributed by atoms with van der Waals surface area (Å²) < 4.78 is 40.3. The van der Waals surface area contributed by atoms with E-state index in [1.807, 2.05) is 0 Å². The third-order valence-corrected chi connectivity index (χ3v) is 3.60. The normalized spacial score (nSPS) is 11.6. The lowest BCUT2D eigenvalue weighted by molar-refractivity contribution is -0.274. The Morgan fingerprint density at radius 2 is 1.92 bits per heavy atom. The molecule has 132 valence electrons. The van der Waals surface area contributed by atoms with Crippen LogP contribution < -0.4 is 10.2 Å². The first kappa shape index (κ1) is 19.1. The van der Waals surface area contributed by atoms with E-state index in [0.717, 1.165) is 24.3 Å². The van der Waals surface area contributed by atoms with Crippen LogP contribution in [0.15, 0.2) is 46.0 Å². The highest BCUT2D eigenvalue weighted by Crippen LogP contribution is 2.30. The number of hydrazone groups is 1. The lowest BCUT2D eigenvalue weighted by Gasteiger charge is -2.08. The van der Waals surface area contributed by atoms with Gasteiger partial charge in [0.1, 0.15) is 11.5 Å². The molecule has 0 radical (unpaired) electrons. The molecule has 2 aromatic carbocycles. The summed E-state index contributed by atoms with van der Waals surface area (Å²) in [6, 6.07) is 7.23. The minimum atomic E-state index is -4.80. The predicted molar refractivity (Wildman–Crippen MR) is 89.0 cm³/mol. The largest absolute Gasteiger partial charge is 0.573 e. The van der Waals surface area contributed by atoms with Crippen molar-refractivity contribution >= 4 is 39.7 Å². The number of hydrogen-bond donors (Lipinski definition) is 2. The SMILES string of the molecule is O=C(NN=Cc1cc(Cl)cc(Br)c1O)c1ccc(OC(F)(F)F)cc1. The molecule has 2 aromatic rings. The van der Waals surface area contributed by atoms with Gasteiger partial charge in [-0.05, 0) is 52.3 Å². The Morgan fingerprint density at radius 1 is 1.28 bits per heavy atom. The maximum absolute atomic E-state index is 12.1. The molecule has 0 fully saturated rings. The number of carbonyl (C=O) groups excluding carboxylic acids is 1. The van der Waals surface area contributed by atoms with Gasteiger partial charge in [-0.15, -0.1) is 13.2 Å². The van der Waals surface area contributed by atoms with E-state index in [1.165, 1.54) is 18.3 Å². The highest BCUT2D eigenvalue weighted by molar-refractivity contribution is 9.10. The van der Waals surface area contributed by atoms with Gasteiger partial charge in [-0.1, -0.05) is 11.6 Å². The fraction of sp³-hybridized carbons (Fsp3) is 0.0667. The Hall–Kier alpha value is -2.26. The number of rotatable bonds is 4. The van der Waals surface area contributed by atoms with E-state index < -0.39 is 18.0 Å². The van der Waals surface area contributed by atoms with E-state index in [0.29, 0.717) is 9.50 Å². The molecule has 5 nitrogen and oxygen atoms in total. The number of carbonyl (C=O) groups is 1. The van der Waals surface area contributed by atoms with Gasteiger partial charge in [0.05, 0.1) is 10.7 Å². The highest BCUT2D eigenvalue weighted by atomic mass is 79.9. The molecule has 0 spiro atoms. The number of hydrogen-bond acceptors (Lipinski definition) is 4. The minimum absolute atomic E-state index is 0.0724. The van der Waals surface area contributed by atoms with E-state index in [1.54, 1.807) is 0 Å². The van der Waals surface area contributed by atoms with Crippen molar-refractivity contribution in [1.82, 2.24) is 5.43 Å². The van der Waals surface area contributed by atoms with Crippen molar-refractivity contribution < 1.29 is 27.8 Å². The van der Waals surface area contributed by atoms with Gasteiger partial charge in [0.15, 0.2) is 0 Å².